The van der Waals surface area contributed by atoms with Gasteiger partial charge in [-0.2, -0.15) is 0 Å². The first kappa shape index (κ1) is 20.0. The van der Waals surface area contributed by atoms with Crippen LogP contribution in [-0.4, -0.2) is 37.2 Å². The Morgan fingerprint density at radius 3 is 2.59 bits per heavy atom. The van der Waals surface area contributed by atoms with Crippen LogP contribution in [0, 0.1) is 0 Å². The first-order valence-corrected chi connectivity index (χ1v) is 8.65. The van der Waals surface area contributed by atoms with Crippen molar-refractivity contribution in [3.8, 4) is 5.75 Å². The lowest BCUT2D eigenvalue weighted by Gasteiger charge is -2.18. The highest BCUT2D eigenvalue weighted by molar-refractivity contribution is 5.96. The van der Waals surface area contributed by atoms with Crippen molar-refractivity contribution in [3.05, 3.63) is 72.3 Å². The Labute approximate surface area is 159 Å². The van der Waals surface area contributed by atoms with E-state index in [1.165, 1.54) is 0 Å². The fraction of sp³-hybridized carbons (Fsp3) is 0.238. The van der Waals surface area contributed by atoms with Gasteiger partial charge in [0.2, 0.25) is 0 Å². The molecule has 2 aromatic rings. The molecule has 0 unspecified atom stereocenters. The maximum atomic E-state index is 12.7. The van der Waals surface area contributed by atoms with Crippen LogP contribution >= 0.6 is 0 Å². The van der Waals surface area contributed by atoms with Gasteiger partial charge in [0.25, 0.3) is 5.91 Å². The minimum absolute atomic E-state index is 0.144. The van der Waals surface area contributed by atoms with Gasteiger partial charge < -0.3 is 14.4 Å². The first-order chi connectivity index (χ1) is 13.0. The number of amides is 2. The molecule has 0 aliphatic heterocycles. The molecule has 0 aliphatic carbocycles. The summed E-state index contributed by atoms with van der Waals surface area (Å²) in [5, 5.41) is 2.60. The third-order valence-electron chi connectivity index (χ3n) is 3.69. The number of carbonyl (C=O) groups is 2. The Kier molecular flexibility index (Phi) is 7.43. The van der Waals surface area contributed by atoms with Crippen LogP contribution in [0.2, 0.25) is 0 Å². The Hall–Kier alpha value is -3.28. The van der Waals surface area contributed by atoms with E-state index >= 15 is 0 Å². The fourth-order valence-corrected chi connectivity index (χ4v) is 2.43. The molecule has 6 nitrogen and oxygen atoms in total. The summed E-state index contributed by atoms with van der Waals surface area (Å²) in [6.45, 7) is 6.53. The van der Waals surface area contributed by atoms with Gasteiger partial charge in [0, 0.05) is 24.8 Å². The number of nitrogens with zero attached hydrogens (tertiary/aromatic N) is 1. The third-order valence-corrected chi connectivity index (χ3v) is 3.69. The Morgan fingerprint density at radius 2 is 1.93 bits per heavy atom. The number of nitrogens with one attached hydrogen (secondary N) is 1. The van der Waals surface area contributed by atoms with E-state index in [0.717, 1.165) is 11.3 Å². The molecule has 0 fully saturated rings. The summed E-state index contributed by atoms with van der Waals surface area (Å²) in [5.41, 5.74) is 1.98. The van der Waals surface area contributed by atoms with Gasteiger partial charge in [-0.1, -0.05) is 30.9 Å². The molecular formula is C21H24N2O4. The molecule has 0 radical (unpaired) electrons. The van der Waals surface area contributed by atoms with Crippen LogP contribution in [0.4, 0.5) is 10.5 Å². The molecule has 2 amide bonds. The van der Waals surface area contributed by atoms with Crippen LogP contribution in [0.5, 0.6) is 5.75 Å². The van der Waals surface area contributed by atoms with Crippen molar-refractivity contribution in [1.82, 2.24) is 4.90 Å². The van der Waals surface area contributed by atoms with Crippen molar-refractivity contribution in [2.75, 3.05) is 25.6 Å². The second-order valence-electron chi connectivity index (χ2n) is 5.83. The van der Waals surface area contributed by atoms with Crippen LogP contribution in [0.1, 0.15) is 22.8 Å². The van der Waals surface area contributed by atoms with Crippen LogP contribution in [0.15, 0.2) is 61.2 Å². The molecule has 0 bridgehead atoms. The summed E-state index contributed by atoms with van der Waals surface area (Å²) < 4.78 is 10.3. The summed E-state index contributed by atoms with van der Waals surface area (Å²) in [6.07, 6.45) is 1.14. The van der Waals surface area contributed by atoms with E-state index in [4.69, 9.17) is 9.47 Å². The minimum Gasteiger partial charge on any atom is -0.490 e. The summed E-state index contributed by atoms with van der Waals surface area (Å²) in [7, 11) is 1.73. The van der Waals surface area contributed by atoms with Crippen molar-refractivity contribution in [2.45, 2.75) is 13.5 Å². The third kappa shape index (κ3) is 6.18. The van der Waals surface area contributed by atoms with Gasteiger partial charge >= 0.3 is 6.09 Å². The van der Waals surface area contributed by atoms with Gasteiger partial charge in [0.1, 0.15) is 12.4 Å². The van der Waals surface area contributed by atoms with Crippen molar-refractivity contribution in [3.63, 3.8) is 0 Å². The van der Waals surface area contributed by atoms with Crippen molar-refractivity contribution < 1.29 is 19.1 Å². The van der Waals surface area contributed by atoms with E-state index < -0.39 is 6.09 Å². The normalized spacial score (nSPS) is 10.0. The van der Waals surface area contributed by atoms with E-state index in [1.54, 1.807) is 49.2 Å². The van der Waals surface area contributed by atoms with Crippen LogP contribution in [-0.2, 0) is 11.3 Å². The molecule has 0 aromatic heterocycles. The lowest BCUT2D eigenvalue weighted by Crippen LogP contribution is -2.26. The maximum Gasteiger partial charge on any atom is 0.411 e. The van der Waals surface area contributed by atoms with Crippen molar-refractivity contribution in [1.29, 1.82) is 0 Å². The fourth-order valence-electron chi connectivity index (χ4n) is 2.43. The zero-order chi connectivity index (χ0) is 19.6. The largest absolute Gasteiger partial charge is 0.490 e. The second kappa shape index (κ2) is 10.0. The number of anilines is 1. The molecule has 0 saturated carbocycles. The van der Waals surface area contributed by atoms with E-state index in [2.05, 4.69) is 11.9 Å². The molecule has 0 heterocycles. The summed E-state index contributed by atoms with van der Waals surface area (Å²) >= 11 is 0. The molecule has 142 valence electrons. The van der Waals surface area contributed by atoms with Crippen molar-refractivity contribution in [2.24, 2.45) is 0 Å². The molecule has 0 spiro atoms. The number of benzene rings is 2. The van der Waals surface area contributed by atoms with Gasteiger partial charge in [0.15, 0.2) is 0 Å². The molecule has 2 rings (SSSR count). The summed E-state index contributed by atoms with van der Waals surface area (Å²) in [5.74, 6) is 0.611. The Morgan fingerprint density at radius 1 is 1.19 bits per heavy atom. The van der Waals surface area contributed by atoms with Gasteiger partial charge in [-0.3, -0.25) is 10.1 Å². The number of hydrogen-bond acceptors (Lipinski definition) is 4. The average molecular weight is 368 g/mol. The second-order valence-corrected chi connectivity index (χ2v) is 5.83. The van der Waals surface area contributed by atoms with Crippen LogP contribution in [0.25, 0.3) is 0 Å². The van der Waals surface area contributed by atoms with E-state index in [-0.39, 0.29) is 12.5 Å². The Balaban J connectivity index is 2.00. The SMILES string of the molecule is C=CCOc1ccc(CN(C)C(=O)c2cccc(NC(=O)OCC)c2)cc1. The lowest BCUT2D eigenvalue weighted by atomic mass is 10.1. The number of rotatable bonds is 8. The van der Waals surface area contributed by atoms with Gasteiger partial charge in [-0.15, -0.1) is 0 Å². The molecule has 0 atom stereocenters. The Bertz CT molecular complexity index is 787. The first-order valence-electron chi connectivity index (χ1n) is 8.65. The van der Waals surface area contributed by atoms with E-state index in [9.17, 15) is 9.59 Å². The number of hydrogen-bond donors (Lipinski definition) is 1. The van der Waals surface area contributed by atoms with E-state index in [1.807, 2.05) is 24.3 Å². The van der Waals surface area contributed by atoms with Gasteiger partial charge in [-0.25, -0.2) is 4.79 Å². The number of carbonyl (C=O) groups excluding carboxylic acids is 2. The monoisotopic (exact) mass is 368 g/mol. The molecule has 1 N–H and O–H groups in total. The zero-order valence-electron chi connectivity index (χ0n) is 15.6. The van der Waals surface area contributed by atoms with E-state index in [0.29, 0.717) is 24.4 Å². The predicted octanol–water partition coefficient (Wildman–Crippen LogP) is 4.09. The van der Waals surface area contributed by atoms with Gasteiger partial charge in [-0.05, 0) is 42.8 Å². The highest BCUT2D eigenvalue weighted by atomic mass is 16.5. The zero-order valence-corrected chi connectivity index (χ0v) is 15.6. The molecular weight excluding hydrogens is 344 g/mol. The van der Waals surface area contributed by atoms with Gasteiger partial charge in [0.05, 0.1) is 6.61 Å². The highest BCUT2D eigenvalue weighted by Crippen LogP contribution is 2.16. The average Bonchev–Trinajstić information content (AvgIpc) is 2.67. The highest BCUT2D eigenvalue weighted by Gasteiger charge is 2.13. The van der Waals surface area contributed by atoms with Crippen molar-refractivity contribution >= 4 is 17.7 Å². The molecule has 0 saturated heterocycles. The maximum absolute atomic E-state index is 12.7. The number of ether oxygens (including phenoxy) is 2. The van der Waals surface area contributed by atoms with Crippen LogP contribution in [0.3, 0.4) is 0 Å². The molecule has 6 heteroatoms. The summed E-state index contributed by atoms with van der Waals surface area (Å²) in [6, 6.07) is 14.3. The summed E-state index contributed by atoms with van der Waals surface area (Å²) in [4.78, 5) is 25.8. The predicted molar refractivity (Wildman–Crippen MR) is 105 cm³/mol. The molecule has 2 aromatic carbocycles. The lowest BCUT2D eigenvalue weighted by molar-refractivity contribution is 0.0785. The molecule has 27 heavy (non-hydrogen) atoms. The topological polar surface area (TPSA) is 67.9 Å². The standard InChI is InChI=1S/C21H24N2O4/c1-4-13-27-19-11-9-16(10-12-19)15-23(3)20(24)17-7-6-8-18(14-17)22-21(25)26-5-2/h4,6-12,14H,1,5,13,15H2,2-3H3,(H,22,25). The minimum atomic E-state index is -0.547. The smallest absolute Gasteiger partial charge is 0.411 e. The molecule has 0 aliphatic rings. The van der Waals surface area contributed by atoms with Crippen LogP contribution < -0.4 is 10.1 Å². The quantitative estimate of drug-likeness (QED) is 0.713.